The second-order valence-corrected chi connectivity index (χ2v) is 5.15. The van der Waals surface area contributed by atoms with Crippen LogP contribution in [-0.2, 0) is 0 Å². The van der Waals surface area contributed by atoms with Gasteiger partial charge >= 0.3 is 0 Å². The van der Waals surface area contributed by atoms with Gasteiger partial charge in [-0.05, 0) is 12.3 Å². The Kier molecular flexibility index (Phi) is 5.32. The Balaban J connectivity index is 2.13. The highest BCUT2D eigenvalue weighted by atomic mass is 35.5. The molecule has 2 rings (SSSR count). The number of aliphatic hydroxyl groups is 1. The Morgan fingerprint density at radius 3 is 2.70 bits per heavy atom. The van der Waals surface area contributed by atoms with E-state index in [1.807, 2.05) is 30.3 Å². The average Bonchev–Trinajstić information content (AvgIpc) is 2.46. The van der Waals surface area contributed by atoms with Gasteiger partial charge in [0.05, 0.1) is 0 Å². The van der Waals surface area contributed by atoms with Crippen molar-refractivity contribution < 1.29 is 5.11 Å². The van der Waals surface area contributed by atoms with Gasteiger partial charge in [0.1, 0.15) is 11.0 Å². The molecule has 2 aromatic rings. The van der Waals surface area contributed by atoms with Gasteiger partial charge < -0.3 is 10.4 Å². The lowest BCUT2D eigenvalue weighted by Gasteiger charge is -2.12. The van der Waals surface area contributed by atoms with E-state index in [1.165, 1.54) is 0 Å². The van der Waals surface area contributed by atoms with E-state index < -0.39 is 0 Å². The van der Waals surface area contributed by atoms with E-state index in [1.54, 1.807) is 6.07 Å². The molecule has 2 N–H and O–H groups in total. The van der Waals surface area contributed by atoms with E-state index in [0.717, 1.165) is 18.5 Å². The maximum Gasteiger partial charge on any atom is 0.163 e. The van der Waals surface area contributed by atoms with Crippen LogP contribution >= 0.6 is 11.6 Å². The summed E-state index contributed by atoms with van der Waals surface area (Å²) in [5.74, 6) is 1.68. The molecule has 0 amide bonds. The van der Waals surface area contributed by atoms with Crippen molar-refractivity contribution in [3.05, 3.63) is 41.6 Å². The molecule has 1 aromatic heterocycles. The highest BCUT2D eigenvalue weighted by Crippen LogP contribution is 2.20. The highest BCUT2D eigenvalue weighted by Gasteiger charge is 2.07. The summed E-state index contributed by atoms with van der Waals surface area (Å²) in [7, 11) is 0. The van der Waals surface area contributed by atoms with Crippen LogP contribution in [0, 0.1) is 5.92 Å². The van der Waals surface area contributed by atoms with E-state index in [2.05, 4.69) is 22.2 Å². The third kappa shape index (κ3) is 4.18. The molecule has 0 saturated carbocycles. The second kappa shape index (κ2) is 7.22. The standard InChI is InChI=1S/C15H18ClN3O/c1-11(7-8-20)10-17-14-9-13(16)18-15(19-14)12-5-3-2-4-6-12/h2-6,9,11,20H,7-8,10H2,1H3,(H,17,18,19). The van der Waals surface area contributed by atoms with Crippen LogP contribution in [0.3, 0.4) is 0 Å². The summed E-state index contributed by atoms with van der Waals surface area (Å²) < 4.78 is 0. The number of benzene rings is 1. The Labute approximate surface area is 123 Å². The second-order valence-electron chi connectivity index (χ2n) is 4.76. The zero-order valence-electron chi connectivity index (χ0n) is 11.4. The Morgan fingerprint density at radius 1 is 1.25 bits per heavy atom. The molecular weight excluding hydrogens is 274 g/mol. The van der Waals surface area contributed by atoms with Gasteiger partial charge in [0.25, 0.3) is 0 Å². The third-order valence-corrected chi connectivity index (χ3v) is 3.17. The summed E-state index contributed by atoms with van der Waals surface area (Å²) in [5.41, 5.74) is 0.932. The van der Waals surface area contributed by atoms with E-state index in [0.29, 0.717) is 22.7 Å². The predicted molar refractivity (Wildman–Crippen MR) is 81.8 cm³/mol. The van der Waals surface area contributed by atoms with Crippen molar-refractivity contribution >= 4 is 17.4 Å². The average molecular weight is 292 g/mol. The van der Waals surface area contributed by atoms with E-state index >= 15 is 0 Å². The van der Waals surface area contributed by atoms with Gasteiger partial charge in [0.2, 0.25) is 0 Å². The van der Waals surface area contributed by atoms with E-state index in [4.69, 9.17) is 16.7 Å². The summed E-state index contributed by atoms with van der Waals surface area (Å²) in [6.45, 7) is 3.01. The lowest BCUT2D eigenvalue weighted by molar-refractivity contribution is 0.266. The minimum atomic E-state index is 0.197. The van der Waals surface area contributed by atoms with E-state index in [9.17, 15) is 0 Å². The van der Waals surface area contributed by atoms with Crippen LogP contribution < -0.4 is 5.32 Å². The van der Waals surface area contributed by atoms with Gasteiger partial charge in [-0.15, -0.1) is 0 Å². The van der Waals surface area contributed by atoms with Crippen molar-refractivity contribution in [1.82, 2.24) is 9.97 Å². The molecule has 1 heterocycles. The lowest BCUT2D eigenvalue weighted by atomic mass is 10.1. The molecular formula is C15H18ClN3O. The van der Waals surface area contributed by atoms with Gasteiger partial charge in [-0.2, -0.15) is 0 Å². The van der Waals surface area contributed by atoms with Gasteiger partial charge in [-0.3, -0.25) is 0 Å². The van der Waals surface area contributed by atoms with Crippen molar-refractivity contribution in [1.29, 1.82) is 0 Å². The lowest BCUT2D eigenvalue weighted by Crippen LogP contribution is -2.13. The number of hydrogen-bond donors (Lipinski definition) is 2. The maximum absolute atomic E-state index is 8.90. The molecule has 0 spiro atoms. The number of nitrogens with zero attached hydrogens (tertiary/aromatic N) is 2. The number of rotatable bonds is 6. The third-order valence-electron chi connectivity index (χ3n) is 2.98. The minimum Gasteiger partial charge on any atom is -0.396 e. The van der Waals surface area contributed by atoms with Gasteiger partial charge in [-0.25, -0.2) is 9.97 Å². The fraction of sp³-hybridized carbons (Fsp3) is 0.333. The normalized spacial score (nSPS) is 12.2. The monoisotopic (exact) mass is 291 g/mol. The topological polar surface area (TPSA) is 58.0 Å². The molecule has 0 radical (unpaired) electrons. The summed E-state index contributed by atoms with van der Waals surface area (Å²) in [6, 6.07) is 11.4. The van der Waals surface area contributed by atoms with Crippen LogP contribution in [0.1, 0.15) is 13.3 Å². The molecule has 0 aliphatic carbocycles. The first-order valence-corrected chi connectivity index (χ1v) is 7.01. The molecule has 0 fully saturated rings. The summed E-state index contributed by atoms with van der Waals surface area (Å²) in [4.78, 5) is 8.71. The minimum absolute atomic E-state index is 0.197. The van der Waals surface area contributed by atoms with Crippen molar-refractivity contribution in [2.45, 2.75) is 13.3 Å². The zero-order valence-corrected chi connectivity index (χ0v) is 12.1. The SMILES string of the molecule is CC(CCO)CNc1cc(Cl)nc(-c2ccccc2)n1. The van der Waals surface area contributed by atoms with Crippen molar-refractivity contribution in [2.75, 3.05) is 18.5 Å². The first-order chi connectivity index (χ1) is 9.69. The fourth-order valence-electron chi connectivity index (χ4n) is 1.83. The highest BCUT2D eigenvalue weighted by molar-refractivity contribution is 6.29. The predicted octanol–water partition coefficient (Wildman–Crippen LogP) is 3.23. The maximum atomic E-state index is 8.90. The molecule has 1 aromatic carbocycles. The molecule has 1 unspecified atom stereocenters. The van der Waals surface area contributed by atoms with Crippen LogP contribution in [0.25, 0.3) is 11.4 Å². The van der Waals surface area contributed by atoms with Crippen LogP contribution in [-0.4, -0.2) is 28.2 Å². The fourth-order valence-corrected chi connectivity index (χ4v) is 2.01. The Bertz CT molecular complexity index is 548. The number of aliphatic hydroxyl groups excluding tert-OH is 1. The van der Waals surface area contributed by atoms with Gasteiger partial charge in [-0.1, -0.05) is 48.9 Å². The quantitative estimate of drug-likeness (QED) is 0.802. The molecule has 0 aliphatic rings. The first-order valence-electron chi connectivity index (χ1n) is 6.64. The Morgan fingerprint density at radius 2 is 2.00 bits per heavy atom. The molecule has 5 heteroatoms. The van der Waals surface area contributed by atoms with Crippen molar-refractivity contribution in [2.24, 2.45) is 5.92 Å². The van der Waals surface area contributed by atoms with Crippen LogP contribution in [0.15, 0.2) is 36.4 Å². The zero-order chi connectivity index (χ0) is 14.4. The van der Waals surface area contributed by atoms with Crippen LogP contribution in [0.2, 0.25) is 5.15 Å². The molecule has 0 aliphatic heterocycles. The van der Waals surface area contributed by atoms with Crippen LogP contribution in [0.5, 0.6) is 0 Å². The molecule has 0 saturated heterocycles. The van der Waals surface area contributed by atoms with Gasteiger partial charge in [0.15, 0.2) is 5.82 Å². The van der Waals surface area contributed by atoms with E-state index in [-0.39, 0.29) is 6.61 Å². The number of halogens is 1. The number of aromatic nitrogens is 2. The molecule has 1 atom stereocenters. The number of hydrogen-bond acceptors (Lipinski definition) is 4. The smallest absolute Gasteiger partial charge is 0.163 e. The number of nitrogens with one attached hydrogen (secondary N) is 1. The first kappa shape index (κ1) is 14.8. The molecule has 20 heavy (non-hydrogen) atoms. The van der Waals surface area contributed by atoms with Crippen LogP contribution in [0.4, 0.5) is 5.82 Å². The molecule has 0 bridgehead atoms. The van der Waals surface area contributed by atoms with Crippen molar-refractivity contribution in [3.8, 4) is 11.4 Å². The summed E-state index contributed by atoms with van der Waals surface area (Å²) >= 11 is 6.05. The number of anilines is 1. The van der Waals surface area contributed by atoms with Gasteiger partial charge in [0, 0.05) is 24.8 Å². The Hall–Kier alpha value is -1.65. The van der Waals surface area contributed by atoms with Crippen molar-refractivity contribution in [3.63, 3.8) is 0 Å². The molecule has 4 nitrogen and oxygen atoms in total. The summed E-state index contributed by atoms with van der Waals surface area (Å²) in [6.07, 6.45) is 0.761. The summed E-state index contributed by atoms with van der Waals surface area (Å²) in [5, 5.41) is 12.5. The largest absolute Gasteiger partial charge is 0.396 e. The molecule has 106 valence electrons.